The highest BCUT2D eigenvalue weighted by Gasteiger charge is 2.36. The monoisotopic (exact) mass is 627 g/mol. The Morgan fingerprint density at radius 1 is 0.956 bits per heavy atom. The molecule has 0 spiro atoms. The van der Waals surface area contributed by atoms with Gasteiger partial charge in [-0.2, -0.15) is 0 Å². The van der Waals surface area contributed by atoms with Crippen LogP contribution in [0.5, 0.6) is 0 Å². The van der Waals surface area contributed by atoms with E-state index in [4.69, 9.17) is 16.3 Å². The second-order valence-corrected chi connectivity index (χ2v) is 10.9. The first-order valence-electron chi connectivity index (χ1n) is 14.1. The molecule has 12 heteroatoms. The number of benzene rings is 2. The van der Waals surface area contributed by atoms with Crippen LogP contribution in [0, 0.1) is 6.92 Å². The number of β-amino-alcohol motifs (C(OH)–C–C–N with tert-alkyl or cyclic N) is 1. The van der Waals surface area contributed by atoms with Gasteiger partial charge >= 0.3 is 5.97 Å². The number of ether oxygens (including phenoxy) is 1. The molecule has 2 aromatic carbocycles. The van der Waals surface area contributed by atoms with E-state index in [1.54, 1.807) is 42.6 Å². The second-order valence-electron chi connectivity index (χ2n) is 10.6. The fourth-order valence-electron chi connectivity index (χ4n) is 5.20. The molecule has 0 radical (unpaired) electrons. The number of methoxy groups -OCH3 is 1. The SMILES string of the molecule is COC(=O)[C@@H]1C[C@@H](O)CN1Cc1ccc(C(=O)Nc2cccc(-c3cccc(NC(=O)c4ccc(C=O)cn4)c3C)c2Cl)nc1. The lowest BCUT2D eigenvalue weighted by Crippen LogP contribution is -2.36. The van der Waals surface area contributed by atoms with Crippen molar-refractivity contribution in [3.05, 3.63) is 106 Å². The molecule has 0 aliphatic carbocycles. The third-order valence-electron chi connectivity index (χ3n) is 7.57. The van der Waals surface area contributed by atoms with Crippen molar-refractivity contribution in [3.63, 3.8) is 0 Å². The highest BCUT2D eigenvalue weighted by molar-refractivity contribution is 6.36. The molecule has 1 aliphatic heterocycles. The molecule has 4 aromatic rings. The highest BCUT2D eigenvalue weighted by Crippen LogP contribution is 2.37. The van der Waals surface area contributed by atoms with Gasteiger partial charge < -0.3 is 20.5 Å². The predicted octanol–water partition coefficient (Wildman–Crippen LogP) is 4.53. The number of esters is 1. The summed E-state index contributed by atoms with van der Waals surface area (Å²) in [7, 11) is 1.32. The van der Waals surface area contributed by atoms with E-state index in [0.717, 1.165) is 16.7 Å². The topological polar surface area (TPSA) is 151 Å². The van der Waals surface area contributed by atoms with Gasteiger partial charge in [0.1, 0.15) is 17.4 Å². The number of anilines is 2. The summed E-state index contributed by atoms with van der Waals surface area (Å²) in [6, 6.07) is 16.4. The van der Waals surface area contributed by atoms with Crippen molar-refractivity contribution in [3.8, 4) is 11.1 Å². The van der Waals surface area contributed by atoms with Crippen LogP contribution in [0.15, 0.2) is 73.1 Å². The van der Waals surface area contributed by atoms with Crippen LogP contribution in [0.3, 0.4) is 0 Å². The predicted molar refractivity (Wildman–Crippen MR) is 168 cm³/mol. The van der Waals surface area contributed by atoms with Gasteiger partial charge in [-0.15, -0.1) is 0 Å². The van der Waals surface area contributed by atoms with Crippen molar-refractivity contribution < 1.29 is 29.0 Å². The summed E-state index contributed by atoms with van der Waals surface area (Å²) < 4.78 is 4.86. The lowest BCUT2D eigenvalue weighted by Gasteiger charge is -2.21. The van der Waals surface area contributed by atoms with E-state index in [-0.39, 0.29) is 11.4 Å². The van der Waals surface area contributed by atoms with Crippen LogP contribution in [0.1, 0.15) is 48.9 Å². The van der Waals surface area contributed by atoms with Crippen molar-refractivity contribution in [1.29, 1.82) is 0 Å². The van der Waals surface area contributed by atoms with Gasteiger partial charge in [-0.25, -0.2) is 0 Å². The minimum Gasteiger partial charge on any atom is -0.468 e. The van der Waals surface area contributed by atoms with Gasteiger partial charge in [0.2, 0.25) is 0 Å². The van der Waals surface area contributed by atoms with E-state index < -0.39 is 29.9 Å². The van der Waals surface area contributed by atoms with Crippen LogP contribution in [0.4, 0.5) is 11.4 Å². The van der Waals surface area contributed by atoms with E-state index >= 15 is 0 Å². The van der Waals surface area contributed by atoms with E-state index in [0.29, 0.717) is 53.3 Å². The van der Waals surface area contributed by atoms with Crippen molar-refractivity contribution >= 4 is 47.0 Å². The number of likely N-dealkylation sites (tertiary alicyclic amines) is 1. The molecular weight excluding hydrogens is 598 g/mol. The Balaban J connectivity index is 1.29. The molecule has 1 fully saturated rings. The van der Waals surface area contributed by atoms with Gasteiger partial charge in [-0.05, 0) is 53.9 Å². The smallest absolute Gasteiger partial charge is 0.323 e. The lowest BCUT2D eigenvalue weighted by atomic mass is 9.98. The third kappa shape index (κ3) is 7.07. The molecule has 1 aliphatic rings. The molecule has 11 nitrogen and oxygen atoms in total. The van der Waals surface area contributed by atoms with Crippen LogP contribution in [-0.2, 0) is 16.1 Å². The average Bonchev–Trinajstić information content (AvgIpc) is 3.42. The molecule has 0 unspecified atom stereocenters. The number of aromatic nitrogens is 2. The molecule has 3 N–H and O–H groups in total. The summed E-state index contributed by atoms with van der Waals surface area (Å²) in [6.45, 7) is 2.54. The van der Waals surface area contributed by atoms with E-state index in [1.807, 2.05) is 24.0 Å². The van der Waals surface area contributed by atoms with Gasteiger partial charge in [-0.1, -0.05) is 41.9 Å². The van der Waals surface area contributed by atoms with Gasteiger partial charge in [0.15, 0.2) is 6.29 Å². The molecular formula is C33H30ClN5O6. The zero-order valence-corrected chi connectivity index (χ0v) is 25.2. The third-order valence-corrected chi connectivity index (χ3v) is 7.98. The maximum Gasteiger partial charge on any atom is 0.323 e. The van der Waals surface area contributed by atoms with E-state index in [1.165, 1.54) is 25.4 Å². The van der Waals surface area contributed by atoms with Crippen LogP contribution >= 0.6 is 11.6 Å². The number of aldehydes is 1. The number of rotatable bonds is 9. The summed E-state index contributed by atoms with van der Waals surface area (Å²) in [5.41, 5.74) is 4.54. The van der Waals surface area contributed by atoms with Crippen LogP contribution in [0.25, 0.3) is 11.1 Å². The summed E-state index contributed by atoms with van der Waals surface area (Å²) in [4.78, 5) is 59.0. The number of pyridine rings is 2. The fourth-order valence-corrected chi connectivity index (χ4v) is 5.48. The quantitative estimate of drug-likeness (QED) is 0.180. The Labute approximate surface area is 264 Å². The van der Waals surface area contributed by atoms with Gasteiger partial charge in [0.25, 0.3) is 11.8 Å². The molecule has 45 heavy (non-hydrogen) atoms. The maximum atomic E-state index is 13.1. The molecule has 0 bridgehead atoms. The Hall–Kier alpha value is -4.97. The molecule has 5 rings (SSSR count). The van der Waals surface area contributed by atoms with Crippen molar-refractivity contribution in [2.75, 3.05) is 24.3 Å². The summed E-state index contributed by atoms with van der Waals surface area (Å²) in [6.07, 6.45) is 3.22. The van der Waals surface area contributed by atoms with Gasteiger partial charge in [0, 0.05) is 48.7 Å². The minimum atomic E-state index is -0.622. The zero-order chi connectivity index (χ0) is 32.1. The molecule has 230 valence electrons. The molecule has 2 amide bonds. The minimum absolute atomic E-state index is 0.162. The Bertz CT molecular complexity index is 1750. The van der Waals surface area contributed by atoms with Crippen LogP contribution < -0.4 is 10.6 Å². The number of carbonyl (C=O) groups excluding carboxylic acids is 4. The maximum absolute atomic E-state index is 13.1. The Morgan fingerprint density at radius 2 is 1.60 bits per heavy atom. The highest BCUT2D eigenvalue weighted by atomic mass is 35.5. The summed E-state index contributed by atoms with van der Waals surface area (Å²) >= 11 is 6.79. The molecule has 2 atom stereocenters. The van der Waals surface area contributed by atoms with Crippen LogP contribution in [-0.4, -0.2) is 69.8 Å². The lowest BCUT2D eigenvalue weighted by molar-refractivity contribution is -0.146. The first-order chi connectivity index (χ1) is 21.7. The second kappa shape index (κ2) is 13.8. The standard InChI is InChI=1S/C33H30ClN5O6/c1-19-23(5-3-7-25(19)37-31(42)28-12-10-21(18-40)15-36-28)24-6-4-8-26(30(24)34)38-32(43)27-11-9-20(14-35-27)16-39-17-22(41)13-29(39)33(44)45-2/h3-12,14-15,18,22,29,41H,13,16-17H2,1-2H3,(H,37,42)(H,38,43)/t22-,29+/m1/s1. The Morgan fingerprint density at radius 3 is 2.22 bits per heavy atom. The molecule has 3 heterocycles. The Kier molecular flexibility index (Phi) is 9.62. The number of nitrogens with zero attached hydrogens (tertiary/aromatic N) is 3. The van der Waals surface area contributed by atoms with Crippen LogP contribution in [0.2, 0.25) is 5.02 Å². The zero-order valence-electron chi connectivity index (χ0n) is 24.5. The van der Waals surface area contributed by atoms with Crippen molar-refractivity contribution in [2.24, 2.45) is 0 Å². The number of hydrogen-bond donors (Lipinski definition) is 3. The first kappa shape index (κ1) is 31.5. The number of aliphatic hydroxyl groups excluding tert-OH is 1. The van der Waals surface area contributed by atoms with E-state index in [9.17, 15) is 24.3 Å². The number of aliphatic hydroxyl groups is 1. The first-order valence-corrected chi connectivity index (χ1v) is 14.4. The average molecular weight is 628 g/mol. The van der Waals surface area contributed by atoms with Gasteiger partial charge in [0.05, 0.1) is 23.9 Å². The van der Waals surface area contributed by atoms with E-state index in [2.05, 4.69) is 20.6 Å². The van der Waals surface area contributed by atoms with Crippen molar-refractivity contribution in [1.82, 2.24) is 14.9 Å². The van der Waals surface area contributed by atoms with Crippen molar-refractivity contribution in [2.45, 2.75) is 32.0 Å². The summed E-state index contributed by atoms with van der Waals surface area (Å²) in [5.74, 6) is -1.30. The fraction of sp³-hybridized carbons (Fsp3) is 0.212. The number of amides is 2. The number of carbonyl (C=O) groups is 4. The number of nitrogens with one attached hydrogen (secondary N) is 2. The normalized spacial score (nSPS) is 16.2. The molecule has 0 saturated carbocycles. The largest absolute Gasteiger partial charge is 0.468 e. The molecule has 2 aromatic heterocycles. The number of halogens is 1. The molecule has 1 saturated heterocycles. The van der Waals surface area contributed by atoms with Gasteiger partial charge in [-0.3, -0.25) is 34.0 Å². The summed E-state index contributed by atoms with van der Waals surface area (Å²) in [5, 5.41) is 16.0. The number of hydrogen-bond acceptors (Lipinski definition) is 9.